The number of pyridine rings is 1. The van der Waals surface area contributed by atoms with Gasteiger partial charge in [0.1, 0.15) is 18.2 Å². The van der Waals surface area contributed by atoms with Crippen molar-refractivity contribution in [3.05, 3.63) is 53.2 Å². The van der Waals surface area contributed by atoms with Crippen LogP contribution in [0.4, 0.5) is 14.6 Å². The van der Waals surface area contributed by atoms with Crippen LogP contribution < -0.4 is 5.32 Å². The Kier molecular flexibility index (Phi) is 6.30. The van der Waals surface area contributed by atoms with Gasteiger partial charge in [0, 0.05) is 6.20 Å². The molecule has 1 heterocycles. The number of hydrogen-bond donors (Lipinski definition) is 1. The van der Waals surface area contributed by atoms with E-state index in [9.17, 15) is 22.0 Å². The van der Waals surface area contributed by atoms with Gasteiger partial charge >= 0.3 is 0 Å². The van der Waals surface area contributed by atoms with Crippen LogP contribution >= 0.6 is 11.6 Å². The number of amides is 1. The largest absolute Gasteiger partial charge is 0.310 e. The third-order valence-corrected chi connectivity index (χ3v) is 8.45. The first-order chi connectivity index (χ1) is 14.7. The van der Waals surface area contributed by atoms with Crippen molar-refractivity contribution in [1.29, 1.82) is 0 Å². The summed E-state index contributed by atoms with van der Waals surface area (Å²) in [6.45, 7) is 0. The Morgan fingerprint density at radius 2 is 1.74 bits per heavy atom. The Labute approximate surface area is 185 Å². The van der Waals surface area contributed by atoms with Gasteiger partial charge in [0.2, 0.25) is 5.91 Å². The average molecular weight is 469 g/mol. The highest BCUT2D eigenvalue weighted by Crippen LogP contribution is 2.39. The standard InChI is InChI=1S/C22H23ClF2N2O3S/c23-15-3-8-21(26-12-15)27-22(28)18(9-13-10-19(24)20(25)11-13)14-1-4-16(5-2-14)31(29,30)17-6-7-17/h1-5,8,12-13,17-20H,6-7,9-11H2,(H,26,27,28)/t13?,18?,19-,20+. The van der Waals surface area contributed by atoms with Gasteiger partial charge in [-0.15, -0.1) is 0 Å². The lowest BCUT2D eigenvalue weighted by atomic mass is 9.87. The van der Waals surface area contributed by atoms with Crippen molar-refractivity contribution in [2.75, 3.05) is 5.32 Å². The molecule has 0 radical (unpaired) electrons. The zero-order valence-corrected chi connectivity index (χ0v) is 18.3. The van der Waals surface area contributed by atoms with E-state index < -0.39 is 28.1 Å². The van der Waals surface area contributed by atoms with Gasteiger partial charge in [-0.1, -0.05) is 23.7 Å². The van der Waals surface area contributed by atoms with Gasteiger partial charge in [-0.05, 0) is 67.9 Å². The molecule has 2 aliphatic carbocycles. The fraction of sp³-hybridized carbons (Fsp3) is 0.455. The van der Waals surface area contributed by atoms with Crippen LogP contribution in [-0.4, -0.2) is 36.9 Å². The maximum absolute atomic E-state index is 13.7. The Morgan fingerprint density at radius 3 is 2.29 bits per heavy atom. The van der Waals surface area contributed by atoms with E-state index in [1.54, 1.807) is 24.3 Å². The highest BCUT2D eigenvalue weighted by atomic mass is 35.5. The summed E-state index contributed by atoms with van der Waals surface area (Å²) in [5, 5.41) is 2.83. The first-order valence-corrected chi connectivity index (χ1v) is 12.2. The number of alkyl halides is 2. The minimum Gasteiger partial charge on any atom is -0.310 e. The number of hydrogen-bond acceptors (Lipinski definition) is 4. The van der Waals surface area contributed by atoms with Crippen LogP contribution in [0.2, 0.25) is 5.02 Å². The van der Waals surface area contributed by atoms with E-state index in [2.05, 4.69) is 10.3 Å². The third-order valence-electron chi connectivity index (χ3n) is 5.95. The molecule has 0 spiro atoms. The second-order valence-corrected chi connectivity index (χ2v) is 11.0. The lowest BCUT2D eigenvalue weighted by molar-refractivity contribution is -0.118. The zero-order valence-electron chi connectivity index (χ0n) is 16.7. The molecule has 4 rings (SSSR count). The maximum atomic E-state index is 13.7. The summed E-state index contributed by atoms with van der Waals surface area (Å²) < 4.78 is 52.3. The van der Waals surface area contributed by atoms with Gasteiger partial charge < -0.3 is 5.32 Å². The summed E-state index contributed by atoms with van der Waals surface area (Å²) in [5.41, 5.74) is 0.596. The van der Waals surface area contributed by atoms with E-state index in [4.69, 9.17) is 11.6 Å². The fourth-order valence-corrected chi connectivity index (χ4v) is 5.84. The molecular formula is C22H23ClF2N2O3S. The summed E-state index contributed by atoms with van der Waals surface area (Å²) in [4.78, 5) is 17.3. The average Bonchev–Trinajstić information content (AvgIpc) is 3.55. The lowest BCUT2D eigenvalue weighted by Crippen LogP contribution is -2.24. The van der Waals surface area contributed by atoms with E-state index in [1.807, 2.05) is 0 Å². The van der Waals surface area contributed by atoms with Gasteiger partial charge in [0.15, 0.2) is 9.84 Å². The minimum absolute atomic E-state index is 0.0677. The number of halogens is 3. The molecule has 2 aromatic rings. The van der Waals surface area contributed by atoms with Crippen LogP contribution in [-0.2, 0) is 14.6 Å². The van der Waals surface area contributed by atoms with Crippen molar-refractivity contribution in [2.45, 2.75) is 60.5 Å². The maximum Gasteiger partial charge on any atom is 0.233 e. The van der Waals surface area contributed by atoms with E-state index >= 15 is 0 Å². The van der Waals surface area contributed by atoms with Gasteiger partial charge in [0.05, 0.1) is 21.1 Å². The number of aromatic nitrogens is 1. The smallest absolute Gasteiger partial charge is 0.233 e. The number of benzene rings is 1. The number of rotatable bonds is 7. The first kappa shape index (κ1) is 22.1. The Hall–Kier alpha value is -2.06. The molecule has 4 atom stereocenters. The topological polar surface area (TPSA) is 76.1 Å². The van der Waals surface area contributed by atoms with Gasteiger partial charge in [-0.2, -0.15) is 0 Å². The second kappa shape index (κ2) is 8.82. The molecule has 5 nitrogen and oxygen atoms in total. The van der Waals surface area contributed by atoms with Crippen molar-refractivity contribution in [2.24, 2.45) is 5.92 Å². The molecule has 1 N–H and O–H groups in total. The highest BCUT2D eigenvalue weighted by Gasteiger charge is 2.38. The van der Waals surface area contributed by atoms with E-state index in [0.29, 0.717) is 29.2 Å². The summed E-state index contributed by atoms with van der Waals surface area (Å²) in [5.74, 6) is -1.04. The first-order valence-electron chi connectivity index (χ1n) is 10.3. The highest BCUT2D eigenvalue weighted by molar-refractivity contribution is 7.92. The number of anilines is 1. The molecule has 1 amide bonds. The predicted octanol–water partition coefficient (Wildman–Crippen LogP) is 4.87. The van der Waals surface area contributed by atoms with Crippen LogP contribution in [0.3, 0.4) is 0 Å². The van der Waals surface area contributed by atoms with Crippen LogP contribution in [0, 0.1) is 5.92 Å². The third kappa shape index (κ3) is 5.06. The monoisotopic (exact) mass is 468 g/mol. The number of nitrogens with one attached hydrogen (secondary N) is 1. The van der Waals surface area contributed by atoms with Crippen LogP contribution in [0.15, 0.2) is 47.5 Å². The molecular weight excluding hydrogens is 446 g/mol. The summed E-state index contributed by atoms with van der Waals surface area (Å²) >= 11 is 5.83. The number of carbonyl (C=O) groups excluding carboxylic acids is 1. The molecule has 0 saturated heterocycles. The SMILES string of the molecule is O=C(Nc1ccc(Cl)cn1)C(CC1C[C@@H](F)[C@@H](F)C1)c1ccc(S(=O)(=O)C2CC2)cc1. The molecule has 31 heavy (non-hydrogen) atoms. The predicted molar refractivity (Wildman–Crippen MR) is 114 cm³/mol. The molecule has 2 unspecified atom stereocenters. The minimum atomic E-state index is -3.34. The molecule has 9 heteroatoms. The number of nitrogens with zero attached hydrogens (tertiary/aromatic N) is 1. The van der Waals surface area contributed by atoms with Crippen molar-refractivity contribution in [3.63, 3.8) is 0 Å². The molecule has 1 aromatic carbocycles. The quantitative estimate of drug-likeness (QED) is 0.629. The molecule has 2 fully saturated rings. The van der Waals surface area contributed by atoms with Crippen molar-refractivity contribution in [3.8, 4) is 0 Å². The molecule has 0 bridgehead atoms. The van der Waals surface area contributed by atoms with E-state index in [1.165, 1.54) is 18.3 Å². The summed E-state index contributed by atoms with van der Waals surface area (Å²) in [6, 6.07) is 9.40. The van der Waals surface area contributed by atoms with E-state index in [0.717, 1.165) is 0 Å². The fourth-order valence-electron chi connectivity index (χ4n) is 4.07. The second-order valence-electron chi connectivity index (χ2n) is 8.32. The normalized spacial score (nSPS) is 24.7. The number of carbonyl (C=O) groups is 1. The molecule has 2 saturated carbocycles. The van der Waals surface area contributed by atoms with Crippen LogP contribution in [0.1, 0.15) is 43.6 Å². The van der Waals surface area contributed by atoms with Gasteiger partial charge in [-0.25, -0.2) is 22.2 Å². The van der Waals surface area contributed by atoms with Crippen LogP contribution in [0.25, 0.3) is 0 Å². The zero-order chi connectivity index (χ0) is 22.2. The molecule has 166 valence electrons. The number of sulfone groups is 1. The molecule has 1 aromatic heterocycles. The Bertz CT molecular complexity index is 1030. The molecule has 0 aliphatic heterocycles. The lowest BCUT2D eigenvalue weighted by Gasteiger charge is -2.21. The summed E-state index contributed by atoms with van der Waals surface area (Å²) in [6.07, 6.45) is 0.0999. The van der Waals surface area contributed by atoms with E-state index in [-0.39, 0.29) is 41.2 Å². The Balaban J connectivity index is 1.56. The van der Waals surface area contributed by atoms with Crippen LogP contribution in [0.5, 0.6) is 0 Å². The summed E-state index contributed by atoms with van der Waals surface area (Å²) in [7, 11) is -3.34. The van der Waals surface area contributed by atoms with Gasteiger partial charge in [-0.3, -0.25) is 4.79 Å². The molecule has 2 aliphatic rings. The Morgan fingerprint density at radius 1 is 1.10 bits per heavy atom. The van der Waals surface area contributed by atoms with Crippen molar-refractivity contribution < 1.29 is 22.0 Å². The van der Waals surface area contributed by atoms with Crippen molar-refractivity contribution in [1.82, 2.24) is 4.98 Å². The van der Waals surface area contributed by atoms with Gasteiger partial charge in [0.25, 0.3) is 0 Å². The van der Waals surface area contributed by atoms with Crippen molar-refractivity contribution >= 4 is 33.2 Å².